The monoisotopic (exact) mass is 346 g/mol. The van der Waals surface area contributed by atoms with Gasteiger partial charge in [-0.1, -0.05) is 0 Å². The number of halogens is 1. The van der Waals surface area contributed by atoms with E-state index in [-0.39, 0.29) is 23.4 Å². The van der Waals surface area contributed by atoms with Crippen LogP contribution in [0.3, 0.4) is 0 Å². The lowest BCUT2D eigenvalue weighted by Crippen LogP contribution is -2.08. The van der Waals surface area contributed by atoms with Gasteiger partial charge < -0.3 is 4.74 Å². The molecule has 7 heteroatoms. The Morgan fingerprint density at radius 1 is 1.65 bits per heavy atom. The molecule has 1 aromatic rings. The van der Waals surface area contributed by atoms with Gasteiger partial charge in [-0.05, 0) is 35.6 Å². The Hall–Kier alpha value is -1.69. The highest BCUT2D eigenvalue weighted by molar-refractivity contribution is 14.1. The number of hydrogen-bond acceptors (Lipinski definition) is 5. The molecule has 0 spiro atoms. The van der Waals surface area contributed by atoms with Crippen molar-refractivity contribution in [2.45, 2.75) is 6.92 Å². The number of benzene rings is 1. The second-order valence-corrected chi connectivity index (χ2v) is 4.10. The van der Waals surface area contributed by atoms with E-state index in [9.17, 15) is 14.9 Å². The first-order valence-electron chi connectivity index (χ1n) is 4.56. The highest BCUT2D eigenvalue weighted by Crippen LogP contribution is 2.25. The first kappa shape index (κ1) is 13.4. The van der Waals surface area contributed by atoms with Crippen LogP contribution in [0.1, 0.15) is 22.8 Å². The normalized spacial score (nSPS) is 9.47. The predicted molar refractivity (Wildman–Crippen MR) is 66.5 cm³/mol. The van der Waals surface area contributed by atoms with Crippen LogP contribution in [0.25, 0.3) is 0 Å². The minimum atomic E-state index is -0.657. The molecular formula is C10H7IN2O4. The molecule has 0 aliphatic rings. The fraction of sp³-hybridized carbons (Fsp3) is 0.200. The lowest BCUT2D eigenvalue weighted by Gasteiger charge is -2.05. The van der Waals surface area contributed by atoms with Gasteiger partial charge in [0, 0.05) is 9.64 Å². The molecule has 88 valence electrons. The van der Waals surface area contributed by atoms with Crippen molar-refractivity contribution in [2.24, 2.45) is 0 Å². The van der Waals surface area contributed by atoms with E-state index in [1.807, 2.05) is 0 Å². The first-order chi connectivity index (χ1) is 8.01. The summed E-state index contributed by atoms with van der Waals surface area (Å²) >= 11 is 1.79. The minimum Gasteiger partial charge on any atom is -0.462 e. The Morgan fingerprint density at radius 2 is 2.29 bits per heavy atom. The van der Waals surface area contributed by atoms with Crippen LogP contribution in [0, 0.1) is 25.0 Å². The number of carbonyl (C=O) groups excluding carboxylic acids is 1. The van der Waals surface area contributed by atoms with Gasteiger partial charge in [-0.2, -0.15) is 5.26 Å². The van der Waals surface area contributed by atoms with Crippen LogP contribution in [0.15, 0.2) is 12.1 Å². The Kier molecular flexibility index (Phi) is 4.39. The SMILES string of the molecule is CCOC(=O)c1cc(C#N)c([N+](=O)[O-])cc1I. The van der Waals surface area contributed by atoms with Crippen LogP contribution in [0.4, 0.5) is 5.69 Å². The molecule has 0 aliphatic carbocycles. The summed E-state index contributed by atoms with van der Waals surface area (Å²) in [5.74, 6) is -0.594. The molecule has 0 aromatic heterocycles. The Morgan fingerprint density at radius 3 is 2.76 bits per heavy atom. The van der Waals surface area contributed by atoms with Crippen LogP contribution in [0.2, 0.25) is 0 Å². The molecule has 0 N–H and O–H groups in total. The summed E-state index contributed by atoms with van der Waals surface area (Å²) in [5.41, 5.74) is -0.307. The summed E-state index contributed by atoms with van der Waals surface area (Å²) in [5, 5.41) is 19.5. The third-order valence-electron chi connectivity index (χ3n) is 1.90. The summed E-state index contributed by atoms with van der Waals surface area (Å²) in [7, 11) is 0. The summed E-state index contributed by atoms with van der Waals surface area (Å²) in [4.78, 5) is 21.5. The molecule has 0 saturated carbocycles. The van der Waals surface area contributed by atoms with E-state index < -0.39 is 10.9 Å². The maximum Gasteiger partial charge on any atom is 0.339 e. The zero-order valence-corrected chi connectivity index (χ0v) is 10.9. The fourth-order valence-electron chi connectivity index (χ4n) is 1.17. The summed E-state index contributed by atoms with van der Waals surface area (Å²) in [6, 6.07) is 4.05. The van der Waals surface area contributed by atoms with Gasteiger partial charge in [-0.3, -0.25) is 10.1 Å². The van der Waals surface area contributed by atoms with Crippen molar-refractivity contribution < 1.29 is 14.5 Å². The number of nitro benzene ring substituents is 1. The number of hydrogen-bond donors (Lipinski definition) is 0. The van der Waals surface area contributed by atoms with E-state index in [0.717, 1.165) is 0 Å². The Labute approximate surface area is 110 Å². The molecular weight excluding hydrogens is 339 g/mol. The number of nitriles is 1. The molecule has 0 unspecified atom stereocenters. The third kappa shape index (κ3) is 2.91. The second-order valence-electron chi connectivity index (χ2n) is 2.94. The van der Waals surface area contributed by atoms with Crippen molar-refractivity contribution >= 4 is 34.2 Å². The first-order valence-corrected chi connectivity index (χ1v) is 5.64. The van der Waals surface area contributed by atoms with Crippen molar-refractivity contribution in [3.05, 3.63) is 36.9 Å². The molecule has 0 amide bonds. The van der Waals surface area contributed by atoms with E-state index in [0.29, 0.717) is 3.57 Å². The van der Waals surface area contributed by atoms with Crippen molar-refractivity contribution in [2.75, 3.05) is 6.61 Å². The van der Waals surface area contributed by atoms with E-state index in [4.69, 9.17) is 10.00 Å². The van der Waals surface area contributed by atoms with Crippen molar-refractivity contribution in [3.8, 4) is 6.07 Å². The van der Waals surface area contributed by atoms with Gasteiger partial charge in [-0.25, -0.2) is 4.79 Å². The lowest BCUT2D eigenvalue weighted by molar-refractivity contribution is -0.385. The van der Waals surface area contributed by atoms with Gasteiger partial charge in [0.2, 0.25) is 0 Å². The van der Waals surface area contributed by atoms with Gasteiger partial charge in [-0.15, -0.1) is 0 Å². The minimum absolute atomic E-state index is 0.154. The molecule has 0 heterocycles. The molecule has 17 heavy (non-hydrogen) atoms. The van der Waals surface area contributed by atoms with Gasteiger partial charge in [0.15, 0.2) is 0 Å². The molecule has 0 bridgehead atoms. The van der Waals surface area contributed by atoms with Crippen LogP contribution in [0.5, 0.6) is 0 Å². The zero-order valence-electron chi connectivity index (χ0n) is 8.77. The fourth-order valence-corrected chi connectivity index (χ4v) is 1.84. The molecule has 0 fully saturated rings. The molecule has 0 atom stereocenters. The number of carbonyl (C=O) groups is 1. The van der Waals surface area contributed by atoms with Gasteiger partial charge in [0.1, 0.15) is 11.6 Å². The number of rotatable bonds is 3. The van der Waals surface area contributed by atoms with Gasteiger partial charge in [0.05, 0.1) is 17.1 Å². The topological polar surface area (TPSA) is 93.2 Å². The maximum absolute atomic E-state index is 11.5. The highest BCUT2D eigenvalue weighted by Gasteiger charge is 2.20. The number of nitrogens with zero attached hydrogens (tertiary/aromatic N) is 2. The van der Waals surface area contributed by atoms with Crippen molar-refractivity contribution in [1.82, 2.24) is 0 Å². The van der Waals surface area contributed by atoms with Crippen LogP contribution >= 0.6 is 22.6 Å². The average molecular weight is 346 g/mol. The van der Waals surface area contributed by atoms with E-state index in [2.05, 4.69) is 0 Å². The van der Waals surface area contributed by atoms with Crippen molar-refractivity contribution in [1.29, 1.82) is 5.26 Å². The number of ether oxygens (including phenoxy) is 1. The molecule has 6 nitrogen and oxygen atoms in total. The summed E-state index contributed by atoms with van der Waals surface area (Å²) < 4.78 is 5.17. The van der Waals surface area contributed by atoms with E-state index in [1.54, 1.807) is 35.6 Å². The zero-order chi connectivity index (χ0) is 13.0. The molecule has 1 rings (SSSR count). The number of esters is 1. The standard InChI is InChI=1S/C10H7IN2O4/c1-2-17-10(14)7-3-6(5-12)9(13(15)16)4-8(7)11/h3-4H,2H2,1H3. The largest absolute Gasteiger partial charge is 0.462 e. The Bertz CT molecular complexity index is 522. The van der Waals surface area contributed by atoms with Gasteiger partial charge >= 0.3 is 5.97 Å². The smallest absolute Gasteiger partial charge is 0.339 e. The molecule has 0 aliphatic heterocycles. The van der Waals surface area contributed by atoms with Gasteiger partial charge in [0.25, 0.3) is 5.69 Å². The number of nitro groups is 1. The summed E-state index contributed by atoms with van der Waals surface area (Å²) in [6.45, 7) is 1.86. The predicted octanol–water partition coefficient (Wildman–Crippen LogP) is 2.25. The third-order valence-corrected chi connectivity index (χ3v) is 2.79. The molecule has 0 saturated heterocycles. The average Bonchev–Trinajstić information content (AvgIpc) is 2.28. The second kappa shape index (κ2) is 5.58. The summed E-state index contributed by atoms with van der Waals surface area (Å²) in [6.07, 6.45) is 0. The van der Waals surface area contributed by atoms with E-state index >= 15 is 0 Å². The molecule has 0 radical (unpaired) electrons. The lowest BCUT2D eigenvalue weighted by atomic mass is 10.1. The maximum atomic E-state index is 11.5. The van der Waals surface area contributed by atoms with Crippen molar-refractivity contribution in [3.63, 3.8) is 0 Å². The van der Waals surface area contributed by atoms with E-state index in [1.165, 1.54) is 12.1 Å². The highest BCUT2D eigenvalue weighted by atomic mass is 127. The molecule has 1 aromatic carbocycles. The quantitative estimate of drug-likeness (QED) is 0.362. The van der Waals surface area contributed by atoms with Crippen LogP contribution in [-0.4, -0.2) is 17.5 Å². The van der Waals surface area contributed by atoms with Crippen LogP contribution < -0.4 is 0 Å². The van der Waals surface area contributed by atoms with Crippen LogP contribution in [-0.2, 0) is 4.74 Å². The Balaban J connectivity index is 3.33.